The maximum absolute atomic E-state index is 12.4. The quantitative estimate of drug-likeness (QED) is 0.519. The summed E-state index contributed by atoms with van der Waals surface area (Å²) < 4.78 is 27.8. The fraction of sp³-hybridized carbons (Fsp3) is 0.615. The Kier molecular flexibility index (Phi) is 6.90. The minimum Gasteiger partial charge on any atom is -0.317 e. The lowest BCUT2D eigenvalue weighted by Crippen LogP contribution is -2.30. The molecule has 20 heavy (non-hydrogen) atoms. The van der Waals surface area contributed by atoms with Gasteiger partial charge in [0.05, 0.1) is 6.20 Å². The van der Waals surface area contributed by atoms with Crippen LogP contribution in [0, 0.1) is 0 Å². The molecule has 0 spiro atoms. The molecular weight excluding hydrogens is 276 g/mol. The van der Waals surface area contributed by atoms with Gasteiger partial charge >= 0.3 is 0 Å². The highest BCUT2D eigenvalue weighted by molar-refractivity contribution is 7.89. The summed E-state index contributed by atoms with van der Waals surface area (Å²) >= 11 is 0. The Hall–Kier alpha value is -1.18. The van der Waals surface area contributed by atoms with E-state index in [4.69, 9.17) is 0 Å². The summed E-state index contributed by atoms with van der Waals surface area (Å²) in [6.07, 6.45) is 5.50. The third-order valence-corrected chi connectivity index (χ3v) is 4.82. The summed E-state index contributed by atoms with van der Waals surface area (Å²) in [7, 11) is -3.46. The van der Waals surface area contributed by atoms with E-state index >= 15 is 0 Å². The highest BCUT2D eigenvalue weighted by atomic mass is 32.2. The standard InChI is InChI=1S/C13H24N4O2S/c1-4-9-17(6-3)20(18,19)13-11-15-16(12-13)10-7-8-14-5-2/h4,11-12,14H,1,5-10H2,2-3H3. The molecule has 1 aromatic heterocycles. The molecule has 0 atom stereocenters. The highest BCUT2D eigenvalue weighted by Crippen LogP contribution is 2.14. The predicted octanol–water partition coefficient (Wildman–Crippen LogP) is 1.08. The van der Waals surface area contributed by atoms with Gasteiger partial charge < -0.3 is 5.32 Å². The number of sulfonamides is 1. The molecule has 0 radical (unpaired) electrons. The summed E-state index contributed by atoms with van der Waals surface area (Å²) in [4.78, 5) is 0.240. The molecule has 1 rings (SSSR count). The molecule has 0 aliphatic heterocycles. The van der Waals surface area contributed by atoms with Gasteiger partial charge in [-0.05, 0) is 19.5 Å². The first-order chi connectivity index (χ1) is 9.56. The van der Waals surface area contributed by atoms with Crippen molar-refractivity contribution < 1.29 is 8.42 Å². The van der Waals surface area contributed by atoms with Crippen LogP contribution in [0.1, 0.15) is 20.3 Å². The Morgan fingerprint density at radius 3 is 2.85 bits per heavy atom. The number of hydrogen-bond acceptors (Lipinski definition) is 4. The fourth-order valence-corrected chi connectivity index (χ4v) is 3.21. The highest BCUT2D eigenvalue weighted by Gasteiger charge is 2.23. The van der Waals surface area contributed by atoms with E-state index in [1.165, 1.54) is 10.5 Å². The van der Waals surface area contributed by atoms with E-state index in [2.05, 4.69) is 23.9 Å². The van der Waals surface area contributed by atoms with Crippen molar-refractivity contribution in [3.8, 4) is 0 Å². The van der Waals surface area contributed by atoms with E-state index in [9.17, 15) is 8.42 Å². The van der Waals surface area contributed by atoms with Gasteiger partial charge in [0.15, 0.2) is 0 Å². The molecule has 6 nitrogen and oxygen atoms in total. The van der Waals surface area contributed by atoms with Crippen LogP contribution in [-0.4, -0.2) is 48.7 Å². The zero-order chi connectivity index (χ0) is 15.0. The summed E-state index contributed by atoms with van der Waals surface area (Å²) in [6.45, 7) is 10.7. The van der Waals surface area contributed by atoms with Gasteiger partial charge in [-0.3, -0.25) is 4.68 Å². The predicted molar refractivity (Wildman–Crippen MR) is 80.0 cm³/mol. The number of aromatic nitrogens is 2. The summed E-state index contributed by atoms with van der Waals surface area (Å²) in [5.74, 6) is 0. The SMILES string of the molecule is C=CCN(CC)S(=O)(=O)c1cnn(CCCNCC)c1. The van der Waals surface area contributed by atoms with E-state index in [-0.39, 0.29) is 4.90 Å². The van der Waals surface area contributed by atoms with Gasteiger partial charge in [0.25, 0.3) is 0 Å². The van der Waals surface area contributed by atoms with Crippen LogP contribution < -0.4 is 5.32 Å². The monoisotopic (exact) mass is 300 g/mol. The Bertz CT molecular complexity index is 510. The molecule has 0 saturated heterocycles. The summed E-state index contributed by atoms with van der Waals surface area (Å²) in [5.41, 5.74) is 0. The molecule has 0 saturated carbocycles. The number of rotatable bonds is 10. The normalized spacial score (nSPS) is 11.9. The maximum Gasteiger partial charge on any atom is 0.246 e. The minimum atomic E-state index is -3.46. The molecule has 1 N–H and O–H groups in total. The fourth-order valence-electron chi connectivity index (χ4n) is 1.83. The van der Waals surface area contributed by atoms with Crippen LogP contribution in [0.15, 0.2) is 29.9 Å². The van der Waals surface area contributed by atoms with Crippen molar-refractivity contribution in [2.75, 3.05) is 26.2 Å². The van der Waals surface area contributed by atoms with Crippen molar-refractivity contribution in [2.45, 2.75) is 31.7 Å². The smallest absolute Gasteiger partial charge is 0.246 e. The Morgan fingerprint density at radius 1 is 1.50 bits per heavy atom. The molecule has 0 aromatic carbocycles. The maximum atomic E-state index is 12.4. The lowest BCUT2D eigenvalue weighted by molar-refractivity contribution is 0.459. The van der Waals surface area contributed by atoms with Crippen LogP contribution in [0.4, 0.5) is 0 Å². The first-order valence-electron chi connectivity index (χ1n) is 6.90. The lowest BCUT2D eigenvalue weighted by atomic mass is 10.4. The van der Waals surface area contributed by atoms with Crippen LogP contribution in [0.2, 0.25) is 0 Å². The second-order valence-electron chi connectivity index (χ2n) is 4.39. The third kappa shape index (κ3) is 4.43. The molecule has 0 unspecified atom stereocenters. The van der Waals surface area contributed by atoms with Gasteiger partial charge in [0, 0.05) is 25.8 Å². The van der Waals surface area contributed by atoms with Gasteiger partial charge in [-0.1, -0.05) is 19.9 Å². The van der Waals surface area contributed by atoms with Crippen molar-refractivity contribution in [1.82, 2.24) is 19.4 Å². The van der Waals surface area contributed by atoms with Crippen molar-refractivity contribution in [2.24, 2.45) is 0 Å². The van der Waals surface area contributed by atoms with E-state index in [1.807, 2.05) is 6.92 Å². The van der Waals surface area contributed by atoms with Gasteiger partial charge in [0.1, 0.15) is 4.90 Å². The average Bonchev–Trinajstić information content (AvgIpc) is 2.90. The van der Waals surface area contributed by atoms with Gasteiger partial charge in [-0.25, -0.2) is 8.42 Å². The second kappa shape index (κ2) is 8.18. The Labute approximate surface area is 121 Å². The Morgan fingerprint density at radius 2 is 2.25 bits per heavy atom. The molecule has 1 heterocycles. The van der Waals surface area contributed by atoms with Gasteiger partial charge in [-0.2, -0.15) is 9.40 Å². The van der Waals surface area contributed by atoms with E-state index in [1.54, 1.807) is 17.0 Å². The molecule has 114 valence electrons. The number of aryl methyl sites for hydroxylation is 1. The molecule has 0 bridgehead atoms. The number of hydrogen-bond donors (Lipinski definition) is 1. The molecule has 0 fully saturated rings. The zero-order valence-electron chi connectivity index (χ0n) is 12.2. The van der Waals surface area contributed by atoms with Crippen molar-refractivity contribution in [3.05, 3.63) is 25.0 Å². The van der Waals surface area contributed by atoms with Crippen LogP contribution >= 0.6 is 0 Å². The number of nitrogens with zero attached hydrogens (tertiary/aromatic N) is 3. The van der Waals surface area contributed by atoms with Crippen LogP contribution in [-0.2, 0) is 16.6 Å². The first kappa shape index (κ1) is 16.9. The van der Waals surface area contributed by atoms with Crippen LogP contribution in [0.3, 0.4) is 0 Å². The molecule has 0 aliphatic carbocycles. The third-order valence-electron chi connectivity index (χ3n) is 2.92. The lowest BCUT2D eigenvalue weighted by Gasteiger charge is -2.17. The number of likely N-dealkylation sites (N-methyl/N-ethyl adjacent to an activating group) is 1. The van der Waals surface area contributed by atoms with Crippen LogP contribution in [0.5, 0.6) is 0 Å². The van der Waals surface area contributed by atoms with Crippen LogP contribution in [0.25, 0.3) is 0 Å². The van der Waals surface area contributed by atoms with Gasteiger partial charge in [-0.15, -0.1) is 6.58 Å². The molecule has 7 heteroatoms. The summed E-state index contributed by atoms with van der Waals surface area (Å²) in [5, 5.41) is 7.34. The van der Waals surface area contributed by atoms with Gasteiger partial charge in [0.2, 0.25) is 10.0 Å². The zero-order valence-corrected chi connectivity index (χ0v) is 13.1. The van der Waals surface area contributed by atoms with Crippen molar-refractivity contribution in [3.63, 3.8) is 0 Å². The molecular formula is C13H24N4O2S. The molecule has 0 aliphatic rings. The van der Waals surface area contributed by atoms with Crippen molar-refractivity contribution >= 4 is 10.0 Å². The van der Waals surface area contributed by atoms with E-state index < -0.39 is 10.0 Å². The number of nitrogens with one attached hydrogen (secondary N) is 1. The molecule has 0 amide bonds. The Balaban J connectivity index is 2.72. The topological polar surface area (TPSA) is 67.2 Å². The van der Waals surface area contributed by atoms with Crippen molar-refractivity contribution in [1.29, 1.82) is 0 Å². The summed E-state index contributed by atoms with van der Waals surface area (Å²) in [6, 6.07) is 0. The largest absolute Gasteiger partial charge is 0.317 e. The molecule has 1 aromatic rings. The second-order valence-corrected chi connectivity index (χ2v) is 6.33. The minimum absolute atomic E-state index is 0.240. The van der Waals surface area contributed by atoms with E-state index in [0.717, 1.165) is 19.5 Å². The average molecular weight is 300 g/mol. The van der Waals surface area contributed by atoms with E-state index in [0.29, 0.717) is 19.6 Å². The first-order valence-corrected chi connectivity index (χ1v) is 8.34.